The van der Waals surface area contributed by atoms with Gasteiger partial charge in [-0.1, -0.05) is 0 Å². The number of rotatable bonds is 5. The van der Waals surface area contributed by atoms with Crippen LogP contribution in [0.1, 0.15) is 5.56 Å². The van der Waals surface area contributed by atoms with Crippen LogP contribution in [0.25, 0.3) is 0 Å². The Balaban J connectivity index is 2.04. The molecule has 2 aromatic heterocycles. The second-order valence-electron chi connectivity index (χ2n) is 4.33. The first kappa shape index (κ1) is 13.5. The van der Waals surface area contributed by atoms with Crippen LogP contribution in [0.5, 0.6) is 0 Å². The maximum Gasteiger partial charge on any atom is 0.179 e. The van der Waals surface area contributed by atoms with Crippen LogP contribution in [0.2, 0.25) is 0 Å². The molecule has 0 aliphatic heterocycles. The van der Waals surface area contributed by atoms with Crippen LogP contribution in [0.3, 0.4) is 0 Å². The highest BCUT2D eigenvalue weighted by Gasteiger charge is 2.13. The molecule has 0 aliphatic rings. The summed E-state index contributed by atoms with van der Waals surface area (Å²) in [5.41, 5.74) is 1.09. The third-order valence-electron chi connectivity index (χ3n) is 2.57. The fourth-order valence-corrected chi connectivity index (χ4v) is 2.50. The Labute approximate surface area is 112 Å². The van der Waals surface area contributed by atoms with Gasteiger partial charge in [0.15, 0.2) is 9.84 Å². The number of pyridine rings is 1. The molecule has 0 bridgehead atoms. The maximum atomic E-state index is 11.6. The van der Waals surface area contributed by atoms with Gasteiger partial charge in [-0.15, -0.1) is 0 Å². The highest BCUT2D eigenvalue weighted by atomic mass is 32.2. The minimum Gasteiger partial charge on any atom is -0.367 e. The molecule has 0 saturated carbocycles. The van der Waals surface area contributed by atoms with E-state index in [1.54, 1.807) is 29.2 Å². The van der Waals surface area contributed by atoms with Crippen molar-refractivity contribution in [2.24, 2.45) is 0 Å². The molecule has 0 unspecified atom stereocenters. The largest absolute Gasteiger partial charge is 0.367 e. The van der Waals surface area contributed by atoms with Gasteiger partial charge in [-0.2, -0.15) is 5.10 Å². The highest BCUT2D eigenvalue weighted by molar-refractivity contribution is 7.90. The standard InChI is InChI=1S/C12H16N4O2S/c1-10-8-15-16(9-10)7-6-14-12-11(19(2,17)18)4-3-5-13-12/h3-5,8-9H,6-7H2,1-2H3,(H,13,14). The number of nitrogens with one attached hydrogen (secondary N) is 1. The van der Waals surface area contributed by atoms with E-state index in [2.05, 4.69) is 15.4 Å². The molecule has 2 aromatic rings. The highest BCUT2D eigenvalue weighted by Crippen LogP contribution is 2.17. The molecule has 6 nitrogen and oxygen atoms in total. The van der Waals surface area contributed by atoms with Crippen molar-refractivity contribution >= 4 is 15.7 Å². The molecule has 0 atom stereocenters. The summed E-state index contributed by atoms with van der Waals surface area (Å²) < 4.78 is 25.0. The van der Waals surface area contributed by atoms with E-state index in [1.165, 1.54) is 6.26 Å². The molecular weight excluding hydrogens is 264 g/mol. The molecule has 0 spiro atoms. The fraction of sp³-hybridized carbons (Fsp3) is 0.333. The van der Waals surface area contributed by atoms with Crippen LogP contribution < -0.4 is 5.32 Å². The molecule has 2 rings (SSSR count). The number of nitrogens with zero attached hydrogens (tertiary/aromatic N) is 3. The second kappa shape index (κ2) is 5.40. The van der Waals surface area contributed by atoms with E-state index < -0.39 is 9.84 Å². The van der Waals surface area contributed by atoms with Crippen molar-refractivity contribution in [3.63, 3.8) is 0 Å². The molecular formula is C12H16N4O2S. The van der Waals surface area contributed by atoms with Gasteiger partial charge in [0.05, 0.1) is 12.7 Å². The summed E-state index contributed by atoms with van der Waals surface area (Å²) in [4.78, 5) is 4.28. The molecule has 1 N–H and O–H groups in total. The maximum absolute atomic E-state index is 11.6. The van der Waals surface area contributed by atoms with Crippen molar-refractivity contribution in [3.05, 3.63) is 36.3 Å². The Bertz CT molecular complexity index is 664. The number of aryl methyl sites for hydroxylation is 1. The number of anilines is 1. The van der Waals surface area contributed by atoms with E-state index in [-0.39, 0.29) is 4.90 Å². The minimum atomic E-state index is -3.27. The molecule has 0 aliphatic carbocycles. The fourth-order valence-electron chi connectivity index (χ4n) is 1.70. The zero-order chi connectivity index (χ0) is 13.9. The van der Waals surface area contributed by atoms with Crippen LogP contribution in [-0.2, 0) is 16.4 Å². The molecule has 0 saturated heterocycles. The van der Waals surface area contributed by atoms with Crippen LogP contribution >= 0.6 is 0 Å². The minimum absolute atomic E-state index is 0.214. The Hall–Kier alpha value is -1.89. The van der Waals surface area contributed by atoms with E-state index in [4.69, 9.17) is 0 Å². The lowest BCUT2D eigenvalue weighted by atomic mass is 10.4. The lowest BCUT2D eigenvalue weighted by Crippen LogP contribution is -2.14. The van der Waals surface area contributed by atoms with E-state index in [0.717, 1.165) is 5.56 Å². The quantitative estimate of drug-likeness (QED) is 0.887. The molecule has 0 fully saturated rings. The molecule has 0 amide bonds. The number of sulfone groups is 1. The summed E-state index contributed by atoms with van der Waals surface area (Å²) >= 11 is 0. The van der Waals surface area contributed by atoms with Gasteiger partial charge in [-0.25, -0.2) is 13.4 Å². The summed E-state index contributed by atoms with van der Waals surface area (Å²) in [7, 11) is -3.27. The third-order valence-corrected chi connectivity index (χ3v) is 3.69. The van der Waals surface area contributed by atoms with Crippen molar-refractivity contribution in [1.82, 2.24) is 14.8 Å². The normalized spacial score (nSPS) is 11.5. The van der Waals surface area contributed by atoms with Crippen molar-refractivity contribution in [1.29, 1.82) is 0 Å². The third kappa shape index (κ3) is 3.54. The Morgan fingerprint density at radius 1 is 1.42 bits per heavy atom. The lowest BCUT2D eigenvalue weighted by Gasteiger charge is -2.09. The van der Waals surface area contributed by atoms with Crippen LogP contribution in [0, 0.1) is 6.92 Å². The topological polar surface area (TPSA) is 76.9 Å². The summed E-state index contributed by atoms with van der Waals surface area (Å²) in [5.74, 6) is 0.383. The molecule has 102 valence electrons. The second-order valence-corrected chi connectivity index (χ2v) is 6.31. The predicted octanol–water partition coefficient (Wildman–Crippen LogP) is 1.10. The van der Waals surface area contributed by atoms with E-state index in [1.807, 2.05) is 13.1 Å². The average molecular weight is 280 g/mol. The lowest BCUT2D eigenvalue weighted by molar-refractivity contribution is 0.601. The van der Waals surface area contributed by atoms with E-state index >= 15 is 0 Å². The van der Waals surface area contributed by atoms with Gasteiger partial charge < -0.3 is 5.32 Å². The number of aromatic nitrogens is 3. The van der Waals surface area contributed by atoms with Gasteiger partial charge in [-0.05, 0) is 24.6 Å². The molecule has 0 aromatic carbocycles. The van der Waals surface area contributed by atoms with Gasteiger partial charge in [0.1, 0.15) is 10.7 Å². The first-order valence-electron chi connectivity index (χ1n) is 5.85. The summed E-state index contributed by atoms with van der Waals surface area (Å²) in [6.07, 6.45) is 6.45. The first-order chi connectivity index (χ1) is 8.97. The SMILES string of the molecule is Cc1cnn(CCNc2ncccc2S(C)(=O)=O)c1. The van der Waals surface area contributed by atoms with Gasteiger partial charge in [0.25, 0.3) is 0 Å². The monoisotopic (exact) mass is 280 g/mol. The molecule has 19 heavy (non-hydrogen) atoms. The van der Waals surface area contributed by atoms with Gasteiger partial charge in [0, 0.05) is 25.2 Å². The van der Waals surface area contributed by atoms with E-state index in [9.17, 15) is 8.42 Å². The first-order valence-corrected chi connectivity index (χ1v) is 7.74. The van der Waals surface area contributed by atoms with Crippen molar-refractivity contribution in [2.45, 2.75) is 18.4 Å². The Morgan fingerprint density at radius 3 is 2.84 bits per heavy atom. The summed E-state index contributed by atoms with van der Waals surface area (Å²) in [5, 5.41) is 7.18. The smallest absolute Gasteiger partial charge is 0.179 e. The number of hydrogen-bond donors (Lipinski definition) is 1. The molecule has 0 radical (unpaired) electrons. The zero-order valence-corrected chi connectivity index (χ0v) is 11.7. The van der Waals surface area contributed by atoms with Crippen molar-refractivity contribution in [2.75, 3.05) is 18.1 Å². The van der Waals surface area contributed by atoms with Crippen LogP contribution in [-0.4, -0.2) is 36.0 Å². The summed E-state index contributed by atoms with van der Waals surface area (Å²) in [6, 6.07) is 3.15. The van der Waals surface area contributed by atoms with Crippen molar-refractivity contribution in [3.8, 4) is 0 Å². The Kier molecular flexibility index (Phi) is 3.84. The Morgan fingerprint density at radius 2 is 2.21 bits per heavy atom. The van der Waals surface area contributed by atoms with Gasteiger partial charge in [-0.3, -0.25) is 4.68 Å². The van der Waals surface area contributed by atoms with Crippen molar-refractivity contribution < 1.29 is 8.42 Å². The summed E-state index contributed by atoms with van der Waals surface area (Å²) in [6.45, 7) is 3.17. The van der Waals surface area contributed by atoms with Crippen LogP contribution in [0.4, 0.5) is 5.82 Å². The number of hydrogen-bond acceptors (Lipinski definition) is 5. The predicted molar refractivity (Wildman–Crippen MR) is 72.8 cm³/mol. The molecule has 2 heterocycles. The van der Waals surface area contributed by atoms with Crippen LogP contribution in [0.15, 0.2) is 35.6 Å². The molecule has 7 heteroatoms. The van der Waals surface area contributed by atoms with Gasteiger partial charge >= 0.3 is 0 Å². The van der Waals surface area contributed by atoms with Gasteiger partial charge in [0.2, 0.25) is 0 Å². The average Bonchev–Trinajstić information content (AvgIpc) is 2.74. The van der Waals surface area contributed by atoms with E-state index in [0.29, 0.717) is 18.9 Å². The zero-order valence-electron chi connectivity index (χ0n) is 10.9.